The summed E-state index contributed by atoms with van der Waals surface area (Å²) in [5, 5.41) is 9.28. The summed E-state index contributed by atoms with van der Waals surface area (Å²) in [6.07, 6.45) is 7.62. The van der Waals surface area contributed by atoms with Crippen LogP contribution in [0.4, 0.5) is 0 Å². The van der Waals surface area contributed by atoms with Crippen molar-refractivity contribution in [3.05, 3.63) is 59.9 Å². The molecule has 1 aliphatic carbocycles. The maximum atomic E-state index is 11.7. The van der Waals surface area contributed by atoms with Gasteiger partial charge in [-0.1, -0.05) is 44.2 Å². The number of nitriles is 1. The van der Waals surface area contributed by atoms with Crippen LogP contribution in [0.5, 0.6) is 0 Å². The van der Waals surface area contributed by atoms with Gasteiger partial charge in [0.2, 0.25) is 0 Å². The van der Waals surface area contributed by atoms with E-state index in [1.54, 1.807) is 0 Å². The first-order valence-electron chi connectivity index (χ1n) is 9.90. The van der Waals surface area contributed by atoms with E-state index in [9.17, 15) is 10.1 Å². The third-order valence-corrected chi connectivity index (χ3v) is 6.51. The Labute approximate surface area is 165 Å². The average Bonchev–Trinajstić information content (AvgIpc) is 3.10. The van der Waals surface area contributed by atoms with E-state index in [1.807, 2.05) is 42.6 Å². The number of pyridine rings is 1. The van der Waals surface area contributed by atoms with Gasteiger partial charge in [-0.25, -0.2) is 0 Å². The molecule has 28 heavy (non-hydrogen) atoms. The molecule has 1 aromatic carbocycles. The number of benzene rings is 1. The quantitative estimate of drug-likeness (QED) is 0.722. The van der Waals surface area contributed by atoms with Crippen molar-refractivity contribution in [3.63, 3.8) is 0 Å². The van der Waals surface area contributed by atoms with Crippen LogP contribution in [0.2, 0.25) is 0 Å². The third-order valence-electron chi connectivity index (χ3n) is 6.51. The predicted octanol–water partition coefficient (Wildman–Crippen LogP) is 4.86. The van der Waals surface area contributed by atoms with Crippen LogP contribution in [0.3, 0.4) is 0 Å². The molecule has 1 aliphatic heterocycles. The molecule has 0 N–H and O–H groups in total. The second kappa shape index (κ2) is 7.59. The lowest BCUT2D eigenvalue weighted by molar-refractivity contribution is -0.142. The standard InChI is InChI=1S/C24H24N2O2/c1-15-16(2)22-12-24(27)28-23(22)11-17(15)7-9-20-10-8-19(14-26-20)21-6-4-3-5-18(21)13-25/h3-10,14-17,22-23H,11-12H2,1-2H3/t15-,16-,17-,22+,23-/m1/s1. The molecular formula is C24H24N2O2. The number of hydrogen-bond acceptors (Lipinski definition) is 4. The number of hydrogen-bond donors (Lipinski definition) is 0. The van der Waals surface area contributed by atoms with Crippen LogP contribution in [0, 0.1) is 35.0 Å². The molecule has 4 heteroatoms. The highest BCUT2D eigenvalue weighted by molar-refractivity contribution is 5.72. The highest BCUT2D eigenvalue weighted by atomic mass is 16.5. The third kappa shape index (κ3) is 3.45. The van der Waals surface area contributed by atoms with Gasteiger partial charge in [0.25, 0.3) is 0 Å². The number of carbonyl (C=O) groups is 1. The minimum Gasteiger partial charge on any atom is -0.462 e. The smallest absolute Gasteiger partial charge is 0.306 e. The van der Waals surface area contributed by atoms with Crippen LogP contribution in [-0.4, -0.2) is 17.1 Å². The topological polar surface area (TPSA) is 63.0 Å². The molecule has 2 aromatic rings. The maximum absolute atomic E-state index is 11.7. The van der Waals surface area contributed by atoms with Crippen molar-refractivity contribution in [2.24, 2.45) is 23.7 Å². The summed E-state index contributed by atoms with van der Waals surface area (Å²) in [6, 6.07) is 13.8. The van der Waals surface area contributed by atoms with E-state index in [-0.39, 0.29) is 12.1 Å². The Balaban J connectivity index is 1.49. The van der Waals surface area contributed by atoms with Crippen LogP contribution in [-0.2, 0) is 9.53 Å². The van der Waals surface area contributed by atoms with Crippen molar-refractivity contribution < 1.29 is 9.53 Å². The molecule has 0 spiro atoms. The molecule has 0 bridgehead atoms. The lowest BCUT2D eigenvalue weighted by atomic mass is 9.66. The van der Waals surface area contributed by atoms with Gasteiger partial charge in [0, 0.05) is 23.2 Å². The van der Waals surface area contributed by atoms with E-state index in [4.69, 9.17) is 4.74 Å². The van der Waals surface area contributed by atoms with E-state index in [0.717, 1.165) is 23.2 Å². The van der Waals surface area contributed by atoms with E-state index in [0.29, 0.717) is 35.7 Å². The first kappa shape index (κ1) is 18.4. The van der Waals surface area contributed by atoms with Gasteiger partial charge in [-0.3, -0.25) is 9.78 Å². The van der Waals surface area contributed by atoms with Crippen LogP contribution in [0.15, 0.2) is 48.7 Å². The molecule has 0 radical (unpaired) electrons. The first-order valence-corrected chi connectivity index (χ1v) is 9.90. The zero-order chi connectivity index (χ0) is 19.7. The first-order chi connectivity index (χ1) is 13.6. The second-order valence-corrected chi connectivity index (χ2v) is 8.00. The van der Waals surface area contributed by atoms with Crippen molar-refractivity contribution in [2.75, 3.05) is 0 Å². The van der Waals surface area contributed by atoms with E-state index >= 15 is 0 Å². The van der Waals surface area contributed by atoms with Crippen LogP contribution in [0.1, 0.15) is 37.9 Å². The predicted molar refractivity (Wildman–Crippen MR) is 108 cm³/mol. The average molecular weight is 372 g/mol. The molecule has 0 amide bonds. The monoisotopic (exact) mass is 372 g/mol. The summed E-state index contributed by atoms with van der Waals surface area (Å²) < 4.78 is 5.54. The lowest BCUT2D eigenvalue weighted by Crippen LogP contribution is -2.37. The Morgan fingerprint density at radius 2 is 2.00 bits per heavy atom. The van der Waals surface area contributed by atoms with Crippen molar-refractivity contribution in [1.82, 2.24) is 4.98 Å². The molecule has 2 heterocycles. The summed E-state index contributed by atoms with van der Waals surface area (Å²) in [5.41, 5.74) is 3.38. The minimum atomic E-state index is -0.0476. The number of rotatable bonds is 3. The van der Waals surface area contributed by atoms with Gasteiger partial charge in [0.15, 0.2) is 0 Å². The molecule has 1 saturated heterocycles. The Hall–Kier alpha value is -2.93. The molecule has 2 fully saturated rings. The molecule has 4 nitrogen and oxygen atoms in total. The van der Waals surface area contributed by atoms with Gasteiger partial charge in [0.1, 0.15) is 6.10 Å². The Morgan fingerprint density at radius 1 is 1.18 bits per heavy atom. The SMILES string of the molecule is C[C@@H]1[C@@H](C)[C@H](C=Cc2ccc(-c3ccccc3C#N)cn2)C[C@H]2OC(=O)C[C@@H]12. The number of allylic oxidation sites excluding steroid dienone is 1. The van der Waals surface area contributed by atoms with Gasteiger partial charge >= 0.3 is 5.97 Å². The normalized spacial score (nSPS) is 29.3. The molecular weight excluding hydrogens is 348 g/mol. The van der Waals surface area contributed by atoms with Crippen molar-refractivity contribution in [1.29, 1.82) is 5.26 Å². The summed E-state index contributed by atoms with van der Waals surface area (Å²) >= 11 is 0. The molecule has 4 rings (SSSR count). The Bertz CT molecular complexity index is 942. The number of carbonyl (C=O) groups excluding carboxylic acids is 1. The van der Waals surface area contributed by atoms with Crippen molar-refractivity contribution >= 4 is 12.0 Å². The van der Waals surface area contributed by atoms with E-state index < -0.39 is 0 Å². The number of nitrogens with zero attached hydrogens (tertiary/aromatic N) is 2. The van der Waals surface area contributed by atoms with Gasteiger partial charge in [-0.15, -0.1) is 0 Å². The summed E-state index contributed by atoms with van der Waals surface area (Å²) in [6.45, 7) is 4.51. The van der Waals surface area contributed by atoms with Crippen molar-refractivity contribution in [3.8, 4) is 17.2 Å². The summed E-state index contributed by atoms with van der Waals surface area (Å²) in [5.74, 6) is 1.67. The minimum absolute atomic E-state index is 0.0476. The van der Waals surface area contributed by atoms with Gasteiger partial charge in [-0.05, 0) is 42.4 Å². The fourth-order valence-corrected chi connectivity index (χ4v) is 4.61. The fourth-order valence-electron chi connectivity index (χ4n) is 4.61. The lowest BCUT2D eigenvalue weighted by Gasteiger charge is -2.39. The van der Waals surface area contributed by atoms with Gasteiger partial charge in [-0.2, -0.15) is 5.26 Å². The largest absolute Gasteiger partial charge is 0.462 e. The fraction of sp³-hybridized carbons (Fsp3) is 0.375. The molecule has 1 saturated carbocycles. The maximum Gasteiger partial charge on any atom is 0.306 e. The van der Waals surface area contributed by atoms with Gasteiger partial charge < -0.3 is 4.74 Å². The van der Waals surface area contributed by atoms with Crippen LogP contribution < -0.4 is 0 Å². The molecule has 2 aliphatic rings. The highest BCUT2D eigenvalue weighted by Gasteiger charge is 2.46. The van der Waals surface area contributed by atoms with Crippen molar-refractivity contribution in [2.45, 2.75) is 32.8 Å². The van der Waals surface area contributed by atoms with Gasteiger partial charge in [0.05, 0.1) is 23.7 Å². The van der Waals surface area contributed by atoms with Crippen LogP contribution in [0.25, 0.3) is 17.2 Å². The summed E-state index contributed by atoms with van der Waals surface area (Å²) in [7, 11) is 0. The number of ether oxygens (including phenoxy) is 1. The Morgan fingerprint density at radius 3 is 2.75 bits per heavy atom. The highest BCUT2D eigenvalue weighted by Crippen LogP contribution is 2.45. The Kier molecular flexibility index (Phi) is 5.00. The van der Waals surface area contributed by atoms with E-state index in [1.165, 1.54) is 0 Å². The molecule has 1 aromatic heterocycles. The van der Waals surface area contributed by atoms with E-state index in [2.05, 4.69) is 37.1 Å². The molecule has 142 valence electrons. The van der Waals surface area contributed by atoms with Crippen LogP contribution >= 0.6 is 0 Å². The zero-order valence-electron chi connectivity index (χ0n) is 16.2. The second-order valence-electron chi connectivity index (χ2n) is 8.00. The zero-order valence-corrected chi connectivity index (χ0v) is 16.2. The molecule has 0 unspecified atom stereocenters. The summed E-state index contributed by atoms with van der Waals surface area (Å²) in [4.78, 5) is 16.2. The number of fused-ring (bicyclic) bond motifs is 1. The molecule has 5 atom stereocenters. The number of esters is 1. The number of aromatic nitrogens is 1.